The highest BCUT2D eigenvalue weighted by molar-refractivity contribution is 5.32. The molecule has 0 heterocycles. The van der Waals surface area contributed by atoms with Crippen LogP contribution in [-0.2, 0) is 6.42 Å². The van der Waals surface area contributed by atoms with Gasteiger partial charge in [0, 0.05) is 0 Å². The van der Waals surface area contributed by atoms with Gasteiger partial charge in [-0.25, -0.2) is 8.78 Å². The molecule has 0 radical (unpaired) electrons. The second kappa shape index (κ2) is 7.35. The molecule has 0 bridgehead atoms. The Hall–Kier alpha value is -1.70. The van der Waals surface area contributed by atoms with Gasteiger partial charge < -0.3 is 0 Å². The monoisotopic (exact) mass is 290 g/mol. The number of halogens is 2. The van der Waals surface area contributed by atoms with Gasteiger partial charge in [0.05, 0.1) is 0 Å². The summed E-state index contributed by atoms with van der Waals surface area (Å²) in [6.45, 7) is 11.2. The lowest BCUT2D eigenvalue weighted by atomic mass is 10.0. The molecule has 2 aromatic rings. The summed E-state index contributed by atoms with van der Waals surface area (Å²) in [7, 11) is 0. The number of hydrogen-bond donors (Lipinski definition) is 0. The molecular formula is C19H24F2. The lowest BCUT2D eigenvalue weighted by Crippen LogP contribution is -1.94. The number of rotatable bonds is 1. The van der Waals surface area contributed by atoms with Crippen molar-refractivity contribution in [3.05, 3.63) is 69.3 Å². The molecule has 0 aromatic heterocycles. The lowest BCUT2D eigenvalue weighted by Gasteiger charge is -2.05. The van der Waals surface area contributed by atoms with Gasteiger partial charge in [0.2, 0.25) is 0 Å². The van der Waals surface area contributed by atoms with Crippen molar-refractivity contribution in [2.45, 2.75) is 48.0 Å². The highest BCUT2D eigenvalue weighted by atomic mass is 19.1. The Morgan fingerprint density at radius 3 is 1.52 bits per heavy atom. The van der Waals surface area contributed by atoms with Gasteiger partial charge >= 0.3 is 0 Å². The van der Waals surface area contributed by atoms with E-state index in [1.807, 2.05) is 39.0 Å². The van der Waals surface area contributed by atoms with Crippen LogP contribution in [0.25, 0.3) is 0 Å². The maximum Gasteiger partial charge on any atom is 0.129 e. The molecule has 0 fully saturated rings. The molecule has 0 atom stereocenters. The molecule has 0 N–H and O–H groups in total. The first-order chi connectivity index (χ1) is 9.79. The third-order valence-electron chi connectivity index (χ3n) is 3.87. The van der Waals surface area contributed by atoms with Crippen LogP contribution in [0.15, 0.2) is 24.3 Å². The topological polar surface area (TPSA) is 0 Å². The van der Waals surface area contributed by atoms with Gasteiger partial charge in [-0.3, -0.25) is 0 Å². The van der Waals surface area contributed by atoms with Crippen molar-refractivity contribution in [1.29, 1.82) is 0 Å². The molecule has 2 heteroatoms. The van der Waals surface area contributed by atoms with Gasteiger partial charge in [0.15, 0.2) is 0 Å². The first-order valence-electron chi connectivity index (χ1n) is 7.26. The molecule has 0 aliphatic rings. The minimum atomic E-state index is -0.0694. The summed E-state index contributed by atoms with van der Waals surface area (Å²) in [5, 5.41) is 0. The fourth-order valence-electron chi connectivity index (χ4n) is 2.19. The molecule has 2 rings (SSSR count). The summed E-state index contributed by atoms with van der Waals surface area (Å²) < 4.78 is 26.3. The summed E-state index contributed by atoms with van der Waals surface area (Å²) in [6.07, 6.45) is 0.777. The summed E-state index contributed by atoms with van der Waals surface area (Å²) in [5.74, 6) is -0.104. The zero-order valence-corrected chi connectivity index (χ0v) is 13.8. The van der Waals surface area contributed by atoms with Crippen LogP contribution >= 0.6 is 0 Å². The van der Waals surface area contributed by atoms with E-state index >= 15 is 0 Å². The zero-order chi connectivity index (χ0) is 16.2. The first-order valence-corrected chi connectivity index (χ1v) is 7.26. The van der Waals surface area contributed by atoms with Crippen molar-refractivity contribution in [3.63, 3.8) is 0 Å². The molecule has 114 valence electrons. The fourth-order valence-corrected chi connectivity index (χ4v) is 2.19. The molecule has 0 aliphatic carbocycles. The van der Waals surface area contributed by atoms with Gasteiger partial charge in [-0.2, -0.15) is 0 Å². The average molecular weight is 290 g/mol. The van der Waals surface area contributed by atoms with Gasteiger partial charge in [-0.05, 0) is 74.4 Å². The van der Waals surface area contributed by atoms with Crippen LogP contribution in [0, 0.1) is 46.3 Å². The average Bonchev–Trinajstić information content (AvgIpc) is 2.46. The number of hydrogen-bond acceptors (Lipinski definition) is 0. The van der Waals surface area contributed by atoms with Crippen molar-refractivity contribution in [2.24, 2.45) is 0 Å². The molecule has 0 unspecified atom stereocenters. The molecule has 21 heavy (non-hydrogen) atoms. The second-order valence-electron chi connectivity index (χ2n) is 5.48. The van der Waals surface area contributed by atoms with Crippen molar-refractivity contribution < 1.29 is 8.78 Å². The third kappa shape index (κ3) is 4.13. The summed E-state index contributed by atoms with van der Waals surface area (Å²) in [4.78, 5) is 0. The standard InChI is InChI=1S/C10H13F.C9H11F/c1-4-9-7(2)5-6-8(3)10(9)11;1-6-4-5-7(2)9(10)8(6)3/h5-6H,4H2,1-3H3;4-5H,1-3H3. The van der Waals surface area contributed by atoms with Crippen LogP contribution in [0.2, 0.25) is 0 Å². The van der Waals surface area contributed by atoms with Crippen LogP contribution in [0.5, 0.6) is 0 Å². The van der Waals surface area contributed by atoms with Crippen LogP contribution in [0.3, 0.4) is 0 Å². The fraction of sp³-hybridized carbons (Fsp3) is 0.368. The molecule has 0 saturated carbocycles. The van der Waals surface area contributed by atoms with E-state index in [1.54, 1.807) is 26.8 Å². The normalized spacial score (nSPS) is 10.1. The Kier molecular flexibility index (Phi) is 6.07. The molecule has 0 aliphatic heterocycles. The van der Waals surface area contributed by atoms with Crippen LogP contribution < -0.4 is 0 Å². The van der Waals surface area contributed by atoms with E-state index in [9.17, 15) is 8.78 Å². The highest BCUT2D eigenvalue weighted by Crippen LogP contribution is 2.16. The van der Waals surface area contributed by atoms with E-state index < -0.39 is 0 Å². The third-order valence-corrected chi connectivity index (χ3v) is 3.87. The molecule has 0 amide bonds. The van der Waals surface area contributed by atoms with E-state index in [-0.39, 0.29) is 11.6 Å². The Balaban J connectivity index is 0.000000211. The maximum atomic E-state index is 13.3. The minimum Gasteiger partial charge on any atom is -0.206 e. The molecule has 0 saturated heterocycles. The largest absolute Gasteiger partial charge is 0.206 e. The highest BCUT2D eigenvalue weighted by Gasteiger charge is 2.05. The first kappa shape index (κ1) is 17.4. The molecule has 0 spiro atoms. The lowest BCUT2D eigenvalue weighted by molar-refractivity contribution is 0.601. The van der Waals surface area contributed by atoms with Crippen LogP contribution in [-0.4, -0.2) is 0 Å². The van der Waals surface area contributed by atoms with E-state index in [1.165, 1.54) is 0 Å². The minimum absolute atomic E-state index is 0.0347. The zero-order valence-electron chi connectivity index (χ0n) is 13.8. The number of benzene rings is 2. The quantitative estimate of drug-likeness (QED) is 0.626. The van der Waals surface area contributed by atoms with E-state index in [2.05, 4.69) is 0 Å². The molecule has 0 nitrogen and oxygen atoms in total. The second-order valence-corrected chi connectivity index (χ2v) is 5.48. The van der Waals surface area contributed by atoms with Gasteiger partial charge in [0.25, 0.3) is 0 Å². The van der Waals surface area contributed by atoms with E-state index in [0.29, 0.717) is 0 Å². The van der Waals surface area contributed by atoms with Crippen molar-refractivity contribution in [2.75, 3.05) is 0 Å². The predicted molar refractivity (Wildman–Crippen MR) is 85.9 cm³/mol. The molecule has 2 aromatic carbocycles. The predicted octanol–water partition coefficient (Wildman–Crippen LogP) is 5.76. The van der Waals surface area contributed by atoms with E-state index in [4.69, 9.17) is 0 Å². The SMILES string of the molecule is CCc1c(C)ccc(C)c1F.Cc1ccc(C)c(F)c1C. The summed E-state index contributed by atoms with van der Waals surface area (Å²) in [6, 6.07) is 7.53. The van der Waals surface area contributed by atoms with E-state index in [0.717, 1.165) is 39.8 Å². The maximum absolute atomic E-state index is 13.3. The van der Waals surface area contributed by atoms with Crippen molar-refractivity contribution in [3.8, 4) is 0 Å². The summed E-state index contributed by atoms with van der Waals surface area (Å²) in [5.41, 5.74) is 5.15. The van der Waals surface area contributed by atoms with Crippen LogP contribution in [0.1, 0.15) is 40.3 Å². The Bertz CT molecular complexity index is 601. The van der Waals surface area contributed by atoms with Gasteiger partial charge in [0.1, 0.15) is 11.6 Å². The Morgan fingerprint density at radius 2 is 1.10 bits per heavy atom. The number of aryl methyl sites for hydroxylation is 4. The van der Waals surface area contributed by atoms with Crippen molar-refractivity contribution >= 4 is 0 Å². The Morgan fingerprint density at radius 1 is 0.667 bits per heavy atom. The smallest absolute Gasteiger partial charge is 0.129 e. The van der Waals surface area contributed by atoms with Gasteiger partial charge in [-0.1, -0.05) is 31.2 Å². The van der Waals surface area contributed by atoms with Crippen molar-refractivity contribution in [1.82, 2.24) is 0 Å². The van der Waals surface area contributed by atoms with Crippen LogP contribution in [0.4, 0.5) is 8.78 Å². The molecular weight excluding hydrogens is 266 g/mol. The summed E-state index contributed by atoms with van der Waals surface area (Å²) >= 11 is 0. The van der Waals surface area contributed by atoms with Gasteiger partial charge in [-0.15, -0.1) is 0 Å². The Labute approximate surface area is 126 Å².